The number of fused-ring (bicyclic) bond motifs is 4. The number of hydrogen-bond acceptors (Lipinski definition) is 0. The summed E-state index contributed by atoms with van der Waals surface area (Å²) in [7, 11) is 0. The van der Waals surface area contributed by atoms with Gasteiger partial charge in [0.15, 0.2) is 0 Å². The zero-order valence-corrected chi connectivity index (χ0v) is 29.1. The Morgan fingerprint density at radius 2 is 0.625 bits per heavy atom. The van der Waals surface area contributed by atoms with Crippen LogP contribution in [-0.4, -0.2) is 0 Å². The Bertz CT molecular complexity index is 2270. The predicted molar refractivity (Wildman–Crippen MR) is 210 cm³/mol. The van der Waals surface area contributed by atoms with Crippen LogP contribution in [0, 0.1) is 27.7 Å². The minimum absolute atomic E-state index is 0.0735. The van der Waals surface area contributed by atoms with E-state index >= 15 is 0 Å². The normalized spacial score (nSPS) is 11.6. The van der Waals surface area contributed by atoms with Crippen molar-refractivity contribution in [1.82, 2.24) is 0 Å². The van der Waals surface area contributed by atoms with Crippen LogP contribution in [0.25, 0.3) is 43.1 Å². The topological polar surface area (TPSA) is 0 Å². The Kier molecular flexibility index (Phi) is 8.36. The van der Waals surface area contributed by atoms with Gasteiger partial charge in [0, 0.05) is 5.41 Å². The Hall–Kier alpha value is -5.20. The summed E-state index contributed by atoms with van der Waals surface area (Å²) in [6.45, 7) is 13.7. The standard InChI is InChI=1S/C25H24.C23H20/c1-17-13-15-19-9-5-7-11-21(19)23(17)25(3,4)24-18(2)14-16-20-10-6-8-12-22(20)24;1-16-11-13-18-7-3-5-9-20(18)22(16)15-23-17(2)12-14-19-8-4-6-10-21(19)23/h5-16H,1-4H3;3-14H,15H2,1-2H3. The molecule has 0 saturated heterocycles. The van der Waals surface area contributed by atoms with Gasteiger partial charge in [-0.1, -0.05) is 159 Å². The largest absolute Gasteiger partial charge is 0.0616 e. The van der Waals surface area contributed by atoms with Crippen molar-refractivity contribution in [3.8, 4) is 0 Å². The van der Waals surface area contributed by atoms with Crippen molar-refractivity contribution in [1.29, 1.82) is 0 Å². The van der Waals surface area contributed by atoms with Gasteiger partial charge in [-0.15, -0.1) is 0 Å². The van der Waals surface area contributed by atoms with E-state index in [0.29, 0.717) is 0 Å². The highest BCUT2D eigenvalue weighted by molar-refractivity contribution is 5.93. The lowest BCUT2D eigenvalue weighted by Crippen LogP contribution is -2.22. The van der Waals surface area contributed by atoms with Gasteiger partial charge in [0.2, 0.25) is 0 Å². The molecule has 48 heavy (non-hydrogen) atoms. The fourth-order valence-corrected chi connectivity index (χ4v) is 8.08. The zero-order valence-electron chi connectivity index (χ0n) is 29.1. The van der Waals surface area contributed by atoms with Crippen LogP contribution < -0.4 is 0 Å². The molecule has 0 fully saturated rings. The van der Waals surface area contributed by atoms with Gasteiger partial charge in [0.05, 0.1) is 0 Å². The quantitative estimate of drug-likeness (QED) is 0.184. The maximum atomic E-state index is 2.37. The van der Waals surface area contributed by atoms with E-state index in [1.54, 1.807) is 0 Å². The molecule has 0 aliphatic heterocycles. The summed E-state index contributed by atoms with van der Waals surface area (Å²) in [5, 5.41) is 10.7. The molecule has 0 nitrogen and oxygen atoms in total. The van der Waals surface area contributed by atoms with Gasteiger partial charge in [-0.3, -0.25) is 0 Å². The molecule has 0 heteroatoms. The molecule has 0 bridgehead atoms. The lowest BCUT2D eigenvalue weighted by atomic mass is 9.71. The van der Waals surface area contributed by atoms with Gasteiger partial charge in [0.1, 0.15) is 0 Å². The molecule has 0 spiro atoms. The molecule has 236 valence electrons. The molecule has 0 unspecified atom stereocenters. The first-order valence-electron chi connectivity index (χ1n) is 17.2. The van der Waals surface area contributed by atoms with Crippen LogP contribution in [0.5, 0.6) is 0 Å². The van der Waals surface area contributed by atoms with E-state index in [4.69, 9.17) is 0 Å². The Morgan fingerprint density at radius 1 is 0.333 bits per heavy atom. The second kappa shape index (κ2) is 12.8. The molecular formula is C48H44. The van der Waals surface area contributed by atoms with Crippen molar-refractivity contribution in [2.45, 2.75) is 53.4 Å². The number of aryl methyl sites for hydroxylation is 4. The van der Waals surface area contributed by atoms with Crippen molar-refractivity contribution in [2.24, 2.45) is 0 Å². The average Bonchev–Trinajstić information content (AvgIpc) is 3.10. The highest BCUT2D eigenvalue weighted by Gasteiger charge is 2.30. The van der Waals surface area contributed by atoms with E-state index in [0.717, 1.165) is 6.42 Å². The lowest BCUT2D eigenvalue weighted by molar-refractivity contribution is 0.644. The van der Waals surface area contributed by atoms with E-state index in [2.05, 4.69) is 187 Å². The fourth-order valence-electron chi connectivity index (χ4n) is 8.08. The van der Waals surface area contributed by atoms with Gasteiger partial charge in [-0.2, -0.15) is 0 Å². The zero-order chi connectivity index (χ0) is 33.4. The van der Waals surface area contributed by atoms with Gasteiger partial charge in [-0.05, 0) is 122 Å². The smallest absolute Gasteiger partial charge is 0.0164 e. The van der Waals surface area contributed by atoms with E-state index in [9.17, 15) is 0 Å². The highest BCUT2D eigenvalue weighted by Crippen LogP contribution is 2.42. The Labute approximate surface area is 285 Å². The molecule has 0 atom stereocenters. The van der Waals surface area contributed by atoms with Gasteiger partial charge in [0.25, 0.3) is 0 Å². The van der Waals surface area contributed by atoms with E-state index in [1.807, 2.05) is 0 Å². The predicted octanol–water partition coefficient (Wildman–Crippen LogP) is 13.1. The first-order valence-corrected chi connectivity index (χ1v) is 17.2. The first kappa shape index (κ1) is 31.4. The summed E-state index contributed by atoms with van der Waals surface area (Å²) in [5.74, 6) is 0. The SMILES string of the molecule is Cc1ccc2ccccc2c1C(C)(C)c1c(C)ccc2ccccc12.Cc1ccc2ccccc2c1Cc1c(C)ccc2ccccc12. The number of benzene rings is 8. The van der Waals surface area contributed by atoms with Crippen LogP contribution >= 0.6 is 0 Å². The molecule has 0 radical (unpaired) electrons. The molecule has 8 aromatic rings. The van der Waals surface area contributed by atoms with Crippen molar-refractivity contribution >= 4 is 43.1 Å². The average molecular weight is 621 g/mol. The van der Waals surface area contributed by atoms with Crippen LogP contribution in [-0.2, 0) is 11.8 Å². The molecule has 0 N–H and O–H groups in total. The third-order valence-corrected chi connectivity index (χ3v) is 10.4. The summed E-state index contributed by atoms with van der Waals surface area (Å²) < 4.78 is 0. The first-order chi connectivity index (χ1) is 23.2. The van der Waals surface area contributed by atoms with Crippen LogP contribution in [0.2, 0.25) is 0 Å². The summed E-state index contributed by atoms with van der Waals surface area (Å²) in [6.07, 6.45) is 0.986. The third kappa shape index (κ3) is 5.67. The molecule has 0 saturated carbocycles. The molecule has 8 rings (SSSR count). The van der Waals surface area contributed by atoms with E-state index < -0.39 is 0 Å². The number of rotatable bonds is 4. The number of hydrogen-bond donors (Lipinski definition) is 0. The second-order valence-corrected chi connectivity index (χ2v) is 13.9. The lowest BCUT2D eigenvalue weighted by Gasteiger charge is -2.32. The van der Waals surface area contributed by atoms with E-state index in [-0.39, 0.29) is 5.41 Å². The Morgan fingerprint density at radius 3 is 1.00 bits per heavy atom. The second-order valence-electron chi connectivity index (χ2n) is 13.9. The van der Waals surface area contributed by atoms with Crippen LogP contribution in [0.4, 0.5) is 0 Å². The molecular weight excluding hydrogens is 577 g/mol. The summed E-state index contributed by atoms with van der Waals surface area (Å²) in [6, 6.07) is 52.9. The Balaban J connectivity index is 0.000000152. The van der Waals surface area contributed by atoms with Crippen molar-refractivity contribution in [2.75, 3.05) is 0 Å². The van der Waals surface area contributed by atoms with Crippen LogP contribution in [0.1, 0.15) is 58.4 Å². The van der Waals surface area contributed by atoms with Gasteiger partial charge < -0.3 is 0 Å². The minimum Gasteiger partial charge on any atom is -0.0616 e. The molecule has 0 heterocycles. The fraction of sp³-hybridized carbons (Fsp3) is 0.167. The molecule has 0 aliphatic carbocycles. The van der Waals surface area contributed by atoms with Gasteiger partial charge >= 0.3 is 0 Å². The monoisotopic (exact) mass is 620 g/mol. The van der Waals surface area contributed by atoms with Gasteiger partial charge in [-0.25, -0.2) is 0 Å². The maximum absolute atomic E-state index is 2.37. The molecule has 0 aromatic heterocycles. The van der Waals surface area contributed by atoms with E-state index in [1.165, 1.54) is 87.6 Å². The summed E-state index contributed by atoms with van der Waals surface area (Å²) >= 11 is 0. The highest BCUT2D eigenvalue weighted by atomic mass is 14.3. The van der Waals surface area contributed by atoms with Crippen molar-refractivity contribution < 1.29 is 0 Å². The summed E-state index contributed by atoms with van der Waals surface area (Å²) in [4.78, 5) is 0. The summed E-state index contributed by atoms with van der Waals surface area (Å²) in [5.41, 5.74) is 11.1. The van der Waals surface area contributed by atoms with Crippen molar-refractivity contribution in [3.05, 3.63) is 190 Å². The third-order valence-electron chi connectivity index (χ3n) is 10.4. The maximum Gasteiger partial charge on any atom is 0.0164 e. The molecule has 0 aliphatic rings. The molecule has 0 amide bonds. The van der Waals surface area contributed by atoms with Crippen LogP contribution in [0.15, 0.2) is 146 Å². The minimum atomic E-state index is -0.0735. The molecule has 8 aromatic carbocycles. The van der Waals surface area contributed by atoms with Crippen molar-refractivity contribution in [3.63, 3.8) is 0 Å². The van der Waals surface area contributed by atoms with Crippen LogP contribution in [0.3, 0.4) is 0 Å².